The number of rotatable bonds is 5. The predicted molar refractivity (Wildman–Crippen MR) is 55.8 cm³/mol. The molecule has 0 saturated carbocycles. The molecule has 1 aromatic carbocycles. The Morgan fingerprint density at radius 3 is 2.62 bits per heavy atom. The van der Waals surface area contributed by atoms with Crippen LogP contribution >= 0.6 is 0 Å². The van der Waals surface area contributed by atoms with E-state index < -0.39 is 17.7 Å². The Morgan fingerprint density at radius 1 is 1.38 bits per heavy atom. The first kappa shape index (κ1) is 13.0. The van der Waals surface area contributed by atoms with Gasteiger partial charge in [0.25, 0.3) is 0 Å². The van der Waals surface area contributed by atoms with E-state index in [9.17, 15) is 13.9 Å². The Bertz CT molecular complexity index is 347. The van der Waals surface area contributed by atoms with E-state index in [-0.39, 0.29) is 12.5 Å². The quantitative estimate of drug-likeness (QED) is 0.804. The van der Waals surface area contributed by atoms with Gasteiger partial charge in [-0.3, -0.25) is 0 Å². The third-order valence-electron chi connectivity index (χ3n) is 2.24. The summed E-state index contributed by atoms with van der Waals surface area (Å²) < 4.78 is 30.3. The van der Waals surface area contributed by atoms with Crippen molar-refractivity contribution in [1.82, 2.24) is 0 Å². The lowest BCUT2D eigenvalue weighted by atomic mass is 10.0. The first-order valence-corrected chi connectivity index (χ1v) is 4.92. The van der Waals surface area contributed by atoms with Gasteiger partial charge < -0.3 is 15.6 Å². The molecule has 5 heteroatoms. The molecule has 0 heterocycles. The number of halogens is 2. The lowest BCUT2D eigenvalue weighted by Crippen LogP contribution is -2.27. The largest absolute Gasteiger partial charge is 0.388 e. The molecule has 0 spiro atoms. The van der Waals surface area contributed by atoms with Crippen LogP contribution in [0.5, 0.6) is 0 Å². The van der Waals surface area contributed by atoms with Crippen molar-refractivity contribution in [3.8, 4) is 0 Å². The number of ether oxygens (including phenoxy) is 1. The summed E-state index contributed by atoms with van der Waals surface area (Å²) in [5.41, 5.74) is 5.95. The van der Waals surface area contributed by atoms with Gasteiger partial charge in [0, 0.05) is 13.2 Å². The number of hydrogen-bond acceptors (Lipinski definition) is 3. The number of hydrogen-bond donors (Lipinski definition) is 2. The second-order valence-corrected chi connectivity index (χ2v) is 3.64. The van der Waals surface area contributed by atoms with E-state index in [2.05, 4.69) is 0 Å². The van der Waals surface area contributed by atoms with Gasteiger partial charge in [-0.25, -0.2) is 8.78 Å². The van der Waals surface area contributed by atoms with Crippen LogP contribution in [0.2, 0.25) is 0 Å². The molecule has 3 N–H and O–H groups in total. The minimum Gasteiger partial charge on any atom is -0.388 e. The molecule has 2 atom stereocenters. The van der Waals surface area contributed by atoms with E-state index in [4.69, 9.17) is 10.5 Å². The molecular formula is C11H15F2NO2. The van der Waals surface area contributed by atoms with Crippen LogP contribution < -0.4 is 5.73 Å². The fourth-order valence-electron chi connectivity index (χ4n) is 1.42. The van der Waals surface area contributed by atoms with Crippen LogP contribution in [0.3, 0.4) is 0 Å². The Morgan fingerprint density at radius 2 is 2.06 bits per heavy atom. The first-order chi connectivity index (χ1) is 7.54. The maximum absolute atomic E-state index is 12.9. The molecule has 2 unspecified atom stereocenters. The second-order valence-electron chi connectivity index (χ2n) is 3.64. The first-order valence-electron chi connectivity index (χ1n) is 4.92. The number of methoxy groups -OCH3 is 1. The molecule has 0 amide bonds. The van der Waals surface area contributed by atoms with Gasteiger partial charge in [0.15, 0.2) is 11.6 Å². The van der Waals surface area contributed by atoms with Crippen molar-refractivity contribution in [3.63, 3.8) is 0 Å². The molecule has 16 heavy (non-hydrogen) atoms. The zero-order chi connectivity index (χ0) is 12.1. The number of benzene rings is 1. The number of aliphatic hydroxyl groups is 1. The molecule has 3 nitrogen and oxygen atoms in total. The second kappa shape index (κ2) is 5.89. The SMILES string of the molecule is COCC(N)CC(O)c1ccc(F)c(F)c1. The predicted octanol–water partition coefficient (Wildman–Crippen LogP) is 1.36. The molecule has 0 aliphatic rings. The van der Waals surface area contributed by atoms with E-state index in [1.165, 1.54) is 13.2 Å². The number of nitrogens with two attached hydrogens (primary N) is 1. The smallest absolute Gasteiger partial charge is 0.159 e. The highest BCUT2D eigenvalue weighted by atomic mass is 19.2. The molecule has 0 aliphatic heterocycles. The summed E-state index contributed by atoms with van der Waals surface area (Å²) in [5.74, 6) is -1.91. The van der Waals surface area contributed by atoms with E-state index in [0.29, 0.717) is 12.2 Å². The van der Waals surface area contributed by atoms with E-state index in [1.54, 1.807) is 0 Å². The standard InChI is InChI=1S/C11H15F2NO2/c1-16-6-8(14)5-11(15)7-2-3-9(12)10(13)4-7/h2-4,8,11,15H,5-6,14H2,1H3. The van der Waals surface area contributed by atoms with Crippen LogP contribution in [0.1, 0.15) is 18.1 Å². The average molecular weight is 231 g/mol. The fourth-order valence-corrected chi connectivity index (χ4v) is 1.42. The molecule has 0 aromatic heterocycles. The van der Waals surface area contributed by atoms with Gasteiger partial charge in [-0.1, -0.05) is 6.07 Å². The topological polar surface area (TPSA) is 55.5 Å². The lowest BCUT2D eigenvalue weighted by Gasteiger charge is -2.16. The van der Waals surface area contributed by atoms with Crippen LogP contribution in [-0.2, 0) is 4.74 Å². The van der Waals surface area contributed by atoms with Gasteiger partial charge in [0.05, 0.1) is 12.7 Å². The third kappa shape index (κ3) is 3.52. The highest BCUT2D eigenvalue weighted by Crippen LogP contribution is 2.20. The van der Waals surface area contributed by atoms with E-state index in [0.717, 1.165) is 12.1 Å². The van der Waals surface area contributed by atoms with Crippen LogP contribution in [-0.4, -0.2) is 24.9 Å². The van der Waals surface area contributed by atoms with Gasteiger partial charge in [-0.2, -0.15) is 0 Å². The van der Waals surface area contributed by atoms with Crippen molar-refractivity contribution in [3.05, 3.63) is 35.4 Å². The summed E-state index contributed by atoms with van der Waals surface area (Å²) in [7, 11) is 1.50. The lowest BCUT2D eigenvalue weighted by molar-refractivity contribution is 0.122. The monoisotopic (exact) mass is 231 g/mol. The zero-order valence-electron chi connectivity index (χ0n) is 8.99. The van der Waals surface area contributed by atoms with Crippen LogP contribution in [0.15, 0.2) is 18.2 Å². The van der Waals surface area contributed by atoms with Crippen molar-refractivity contribution in [2.24, 2.45) is 5.73 Å². The van der Waals surface area contributed by atoms with Crippen molar-refractivity contribution < 1.29 is 18.6 Å². The van der Waals surface area contributed by atoms with Crippen LogP contribution in [0.25, 0.3) is 0 Å². The zero-order valence-corrected chi connectivity index (χ0v) is 8.99. The van der Waals surface area contributed by atoms with Crippen molar-refractivity contribution in [1.29, 1.82) is 0 Å². The van der Waals surface area contributed by atoms with Crippen molar-refractivity contribution in [2.75, 3.05) is 13.7 Å². The van der Waals surface area contributed by atoms with Gasteiger partial charge in [0.2, 0.25) is 0 Å². The molecule has 1 aromatic rings. The highest BCUT2D eigenvalue weighted by Gasteiger charge is 2.14. The molecule has 0 bridgehead atoms. The summed E-state index contributed by atoms with van der Waals surface area (Å²) in [6, 6.07) is 2.95. The Hall–Kier alpha value is -1.04. The fraction of sp³-hybridized carbons (Fsp3) is 0.455. The summed E-state index contributed by atoms with van der Waals surface area (Å²) >= 11 is 0. The molecule has 0 fully saturated rings. The Kier molecular flexibility index (Phi) is 4.79. The summed E-state index contributed by atoms with van der Waals surface area (Å²) in [6.45, 7) is 0.306. The molecule has 1 rings (SSSR count). The normalized spacial score (nSPS) is 14.8. The van der Waals surface area contributed by atoms with Crippen LogP contribution in [0.4, 0.5) is 8.78 Å². The minimum absolute atomic E-state index is 0.235. The molecule has 0 saturated heterocycles. The van der Waals surface area contributed by atoms with Crippen molar-refractivity contribution >= 4 is 0 Å². The molecule has 0 aliphatic carbocycles. The average Bonchev–Trinajstić information content (AvgIpc) is 2.22. The summed E-state index contributed by atoms with van der Waals surface area (Å²) in [6.07, 6.45) is -0.681. The van der Waals surface area contributed by atoms with Gasteiger partial charge in [0.1, 0.15) is 0 Å². The van der Waals surface area contributed by atoms with E-state index >= 15 is 0 Å². The van der Waals surface area contributed by atoms with Gasteiger partial charge in [-0.05, 0) is 24.1 Å². The Balaban J connectivity index is 2.65. The summed E-state index contributed by atoms with van der Waals surface area (Å²) in [4.78, 5) is 0. The van der Waals surface area contributed by atoms with Crippen LogP contribution in [0, 0.1) is 11.6 Å². The van der Waals surface area contributed by atoms with Gasteiger partial charge in [-0.15, -0.1) is 0 Å². The minimum atomic E-state index is -0.975. The maximum atomic E-state index is 12.9. The van der Waals surface area contributed by atoms with Crippen molar-refractivity contribution in [2.45, 2.75) is 18.6 Å². The summed E-state index contributed by atoms with van der Waals surface area (Å²) in [5, 5.41) is 9.71. The van der Waals surface area contributed by atoms with E-state index in [1.807, 2.05) is 0 Å². The Labute approximate surface area is 92.8 Å². The maximum Gasteiger partial charge on any atom is 0.159 e. The molecule has 90 valence electrons. The molecular weight excluding hydrogens is 216 g/mol. The molecule has 0 radical (unpaired) electrons. The third-order valence-corrected chi connectivity index (χ3v) is 2.24. The van der Waals surface area contributed by atoms with Gasteiger partial charge >= 0.3 is 0 Å². The highest BCUT2D eigenvalue weighted by molar-refractivity contribution is 5.20. The number of aliphatic hydroxyl groups excluding tert-OH is 1.